The summed E-state index contributed by atoms with van der Waals surface area (Å²) in [6.45, 7) is 7.06. The molecule has 0 spiro atoms. The third-order valence-electron chi connectivity index (χ3n) is 3.94. The first kappa shape index (κ1) is 14.9. The second kappa shape index (κ2) is 5.83. The summed E-state index contributed by atoms with van der Waals surface area (Å²) >= 11 is 0. The number of rotatable bonds is 2. The van der Waals surface area contributed by atoms with Gasteiger partial charge in [-0.3, -0.25) is 0 Å². The standard InChI is InChI=1S/C16H24N2O2/c1-4-13-10-14(7-6-12(13)2)17-15(19)18-9-5-8-16(3,20)11-18/h6-7,10,20H,4-5,8-9,11H2,1-3H3,(H,17,19). The molecule has 1 heterocycles. The third kappa shape index (κ3) is 3.51. The van der Waals surface area contributed by atoms with Crippen LogP contribution < -0.4 is 5.32 Å². The lowest BCUT2D eigenvalue weighted by Gasteiger charge is -2.36. The molecule has 4 heteroatoms. The number of nitrogens with zero attached hydrogens (tertiary/aromatic N) is 1. The predicted octanol–water partition coefficient (Wildman–Crippen LogP) is 2.94. The van der Waals surface area contributed by atoms with E-state index in [9.17, 15) is 9.90 Å². The number of urea groups is 1. The molecule has 4 nitrogen and oxygen atoms in total. The van der Waals surface area contributed by atoms with Gasteiger partial charge in [0.05, 0.1) is 12.1 Å². The van der Waals surface area contributed by atoms with E-state index in [2.05, 4.69) is 19.2 Å². The quantitative estimate of drug-likeness (QED) is 0.872. The number of aryl methyl sites for hydroxylation is 2. The van der Waals surface area contributed by atoms with Crippen molar-refractivity contribution < 1.29 is 9.90 Å². The van der Waals surface area contributed by atoms with Crippen molar-refractivity contribution in [2.75, 3.05) is 18.4 Å². The van der Waals surface area contributed by atoms with Crippen LogP contribution in [0.2, 0.25) is 0 Å². The van der Waals surface area contributed by atoms with Crippen molar-refractivity contribution in [3.63, 3.8) is 0 Å². The summed E-state index contributed by atoms with van der Waals surface area (Å²) in [5.41, 5.74) is 2.54. The number of aliphatic hydroxyl groups is 1. The van der Waals surface area contributed by atoms with Crippen LogP contribution in [0.25, 0.3) is 0 Å². The van der Waals surface area contributed by atoms with Crippen LogP contribution in [0.4, 0.5) is 10.5 Å². The summed E-state index contributed by atoms with van der Waals surface area (Å²) in [5.74, 6) is 0. The lowest BCUT2D eigenvalue weighted by molar-refractivity contribution is -0.000635. The molecule has 1 aromatic rings. The van der Waals surface area contributed by atoms with Gasteiger partial charge in [0.1, 0.15) is 0 Å². The molecule has 0 radical (unpaired) electrons. The van der Waals surface area contributed by atoms with E-state index >= 15 is 0 Å². The van der Waals surface area contributed by atoms with E-state index in [1.165, 1.54) is 11.1 Å². The molecular weight excluding hydrogens is 252 g/mol. The van der Waals surface area contributed by atoms with Gasteiger partial charge in [0.2, 0.25) is 0 Å². The number of carbonyl (C=O) groups is 1. The summed E-state index contributed by atoms with van der Waals surface area (Å²) in [4.78, 5) is 13.9. The van der Waals surface area contributed by atoms with E-state index in [-0.39, 0.29) is 6.03 Å². The van der Waals surface area contributed by atoms with Gasteiger partial charge in [-0.1, -0.05) is 13.0 Å². The number of likely N-dealkylation sites (tertiary alicyclic amines) is 1. The Kier molecular flexibility index (Phi) is 4.33. The first-order valence-electron chi connectivity index (χ1n) is 7.29. The highest BCUT2D eigenvalue weighted by atomic mass is 16.3. The predicted molar refractivity (Wildman–Crippen MR) is 81.0 cm³/mol. The van der Waals surface area contributed by atoms with Crippen molar-refractivity contribution in [1.82, 2.24) is 4.90 Å². The fraction of sp³-hybridized carbons (Fsp3) is 0.562. The Balaban J connectivity index is 2.04. The van der Waals surface area contributed by atoms with Crippen molar-refractivity contribution >= 4 is 11.7 Å². The number of hydrogen-bond donors (Lipinski definition) is 2. The van der Waals surface area contributed by atoms with Crippen molar-refractivity contribution in [2.24, 2.45) is 0 Å². The summed E-state index contributed by atoms with van der Waals surface area (Å²) in [7, 11) is 0. The van der Waals surface area contributed by atoms with Crippen LogP contribution in [-0.2, 0) is 6.42 Å². The van der Waals surface area contributed by atoms with Crippen LogP contribution in [0, 0.1) is 6.92 Å². The highest BCUT2D eigenvalue weighted by Crippen LogP contribution is 2.22. The second-order valence-corrected chi connectivity index (χ2v) is 5.95. The van der Waals surface area contributed by atoms with E-state index in [1.54, 1.807) is 11.8 Å². The van der Waals surface area contributed by atoms with Gasteiger partial charge in [0.25, 0.3) is 0 Å². The van der Waals surface area contributed by atoms with Crippen molar-refractivity contribution in [3.05, 3.63) is 29.3 Å². The van der Waals surface area contributed by atoms with Gasteiger partial charge in [-0.25, -0.2) is 4.79 Å². The molecule has 20 heavy (non-hydrogen) atoms. The maximum atomic E-state index is 12.2. The van der Waals surface area contributed by atoms with E-state index < -0.39 is 5.60 Å². The minimum Gasteiger partial charge on any atom is -0.388 e. The summed E-state index contributed by atoms with van der Waals surface area (Å²) in [6.07, 6.45) is 2.55. The number of hydrogen-bond acceptors (Lipinski definition) is 2. The van der Waals surface area contributed by atoms with E-state index in [4.69, 9.17) is 0 Å². The lowest BCUT2D eigenvalue weighted by atomic mass is 9.95. The van der Waals surface area contributed by atoms with Crippen LogP contribution >= 0.6 is 0 Å². The van der Waals surface area contributed by atoms with Gasteiger partial charge in [0, 0.05) is 12.2 Å². The molecule has 1 aliphatic heterocycles. The minimum absolute atomic E-state index is 0.129. The molecule has 1 aliphatic rings. The first-order valence-corrected chi connectivity index (χ1v) is 7.29. The average molecular weight is 276 g/mol. The summed E-state index contributed by atoms with van der Waals surface area (Å²) in [6, 6.07) is 5.85. The van der Waals surface area contributed by atoms with Gasteiger partial charge in [0.15, 0.2) is 0 Å². The smallest absolute Gasteiger partial charge is 0.321 e. The highest BCUT2D eigenvalue weighted by Gasteiger charge is 2.30. The number of nitrogens with one attached hydrogen (secondary N) is 1. The Labute approximate surface area is 120 Å². The number of anilines is 1. The van der Waals surface area contributed by atoms with Crippen molar-refractivity contribution in [1.29, 1.82) is 0 Å². The maximum absolute atomic E-state index is 12.2. The van der Waals surface area contributed by atoms with Crippen molar-refractivity contribution in [2.45, 2.75) is 45.6 Å². The first-order chi connectivity index (χ1) is 9.41. The molecule has 0 bridgehead atoms. The van der Waals surface area contributed by atoms with E-state index in [1.807, 2.05) is 18.2 Å². The fourth-order valence-electron chi connectivity index (χ4n) is 2.73. The lowest BCUT2D eigenvalue weighted by Crippen LogP contribution is -2.49. The van der Waals surface area contributed by atoms with Crippen LogP contribution in [0.5, 0.6) is 0 Å². The molecule has 1 unspecified atom stereocenters. The Morgan fingerprint density at radius 1 is 1.50 bits per heavy atom. The molecule has 1 aromatic carbocycles. The van der Waals surface area contributed by atoms with Gasteiger partial charge < -0.3 is 15.3 Å². The zero-order valence-corrected chi connectivity index (χ0v) is 12.6. The molecule has 0 aromatic heterocycles. The number of β-amino-alcohol motifs (C(OH)–C–C–N with tert-alkyl or cyclic N) is 1. The SMILES string of the molecule is CCc1cc(NC(=O)N2CCCC(C)(O)C2)ccc1C. The zero-order valence-electron chi connectivity index (χ0n) is 12.6. The molecule has 0 aliphatic carbocycles. The molecule has 0 saturated carbocycles. The Bertz CT molecular complexity index is 497. The molecular formula is C16H24N2O2. The summed E-state index contributed by atoms with van der Waals surface area (Å²) < 4.78 is 0. The largest absolute Gasteiger partial charge is 0.388 e. The Hall–Kier alpha value is -1.55. The zero-order chi connectivity index (χ0) is 14.8. The second-order valence-electron chi connectivity index (χ2n) is 5.95. The average Bonchev–Trinajstić information content (AvgIpc) is 2.39. The monoisotopic (exact) mass is 276 g/mol. The van der Waals surface area contributed by atoms with Gasteiger partial charge in [-0.2, -0.15) is 0 Å². The molecule has 1 fully saturated rings. The summed E-state index contributed by atoms with van der Waals surface area (Å²) in [5, 5.41) is 13.0. The molecule has 110 valence electrons. The molecule has 1 atom stereocenters. The van der Waals surface area contributed by atoms with Crippen LogP contribution in [0.1, 0.15) is 37.8 Å². The Morgan fingerprint density at radius 2 is 2.25 bits per heavy atom. The topological polar surface area (TPSA) is 52.6 Å². The Morgan fingerprint density at radius 3 is 2.90 bits per heavy atom. The van der Waals surface area contributed by atoms with Crippen molar-refractivity contribution in [3.8, 4) is 0 Å². The minimum atomic E-state index is -0.766. The molecule has 2 amide bonds. The fourth-order valence-corrected chi connectivity index (χ4v) is 2.73. The number of piperidine rings is 1. The maximum Gasteiger partial charge on any atom is 0.321 e. The molecule has 2 rings (SSSR count). The van der Waals surface area contributed by atoms with Crippen LogP contribution in [0.15, 0.2) is 18.2 Å². The number of carbonyl (C=O) groups excluding carboxylic acids is 1. The normalized spacial score (nSPS) is 22.7. The third-order valence-corrected chi connectivity index (χ3v) is 3.94. The number of benzene rings is 1. The molecule has 1 saturated heterocycles. The van der Waals surface area contributed by atoms with Crippen LogP contribution in [0.3, 0.4) is 0 Å². The van der Waals surface area contributed by atoms with Gasteiger partial charge in [-0.15, -0.1) is 0 Å². The van der Waals surface area contributed by atoms with E-state index in [0.29, 0.717) is 13.1 Å². The molecule has 2 N–H and O–H groups in total. The van der Waals surface area contributed by atoms with Gasteiger partial charge >= 0.3 is 6.03 Å². The number of amides is 2. The van der Waals surface area contributed by atoms with E-state index in [0.717, 1.165) is 24.9 Å². The van der Waals surface area contributed by atoms with Gasteiger partial charge in [-0.05, 0) is 56.4 Å². The highest BCUT2D eigenvalue weighted by molar-refractivity contribution is 5.89. The van der Waals surface area contributed by atoms with Crippen LogP contribution in [-0.4, -0.2) is 34.7 Å².